The highest BCUT2D eigenvalue weighted by molar-refractivity contribution is 7.09. The number of hydrogen-bond acceptors (Lipinski definition) is 4. The van der Waals surface area contributed by atoms with E-state index in [4.69, 9.17) is 34.8 Å². The molecule has 1 heterocycles. The monoisotopic (exact) mass is 375 g/mol. The van der Waals surface area contributed by atoms with Crippen molar-refractivity contribution in [1.82, 2.24) is 10.4 Å². The third kappa shape index (κ3) is 4.20. The van der Waals surface area contributed by atoms with Crippen LogP contribution >= 0.6 is 46.1 Å². The van der Waals surface area contributed by atoms with Crippen LogP contribution in [-0.4, -0.2) is 16.6 Å². The molecule has 2 rings (SSSR count). The molecule has 0 aliphatic carbocycles. The highest BCUT2D eigenvalue weighted by atomic mass is 35.5. The van der Waals surface area contributed by atoms with Crippen LogP contribution in [0.15, 0.2) is 22.6 Å². The Kier molecular flexibility index (Phi) is 5.81. The first-order chi connectivity index (χ1) is 10.4. The first-order valence-electron chi connectivity index (χ1n) is 6.26. The SMILES string of the molecule is C/C(=N/NC(=O)Cc1csc(C)n1)c1ccc(Cl)c(Cl)c1Cl. The maximum atomic E-state index is 11.8. The maximum Gasteiger partial charge on any atom is 0.246 e. The van der Waals surface area contributed by atoms with Gasteiger partial charge in [0.1, 0.15) is 0 Å². The van der Waals surface area contributed by atoms with E-state index in [1.807, 2.05) is 12.3 Å². The van der Waals surface area contributed by atoms with Gasteiger partial charge in [0.25, 0.3) is 0 Å². The number of hydrogen-bond donors (Lipinski definition) is 1. The van der Waals surface area contributed by atoms with Crippen LogP contribution in [-0.2, 0) is 11.2 Å². The number of benzene rings is 1. The zero-order valence-electron chi connectivity index (χ0n) is 11.8. The summed E-state index contributed by atoms with van der Waals surface area (Å²) in [4.78, 5) is 16.1. The molecule has 8 heteroatoms. The van der Waals surface area contributed by atoms with Gasteiger partial charge in [-0.1, -0.05) is 40.9 Å². The van der Waals surface area contributed by atoms with Crippen molar-refractivity contribution in [2.75, 3.05) is 0 Å². The Bertz CT molecular complexity index is 743. The van der Waals surface area contributed by atoms with Crippen LogP contribution in [0.4, 0.5) is 0 Å². The molecule has 22 heavy (non-hydrogen) atoms. The van der Waals surface area contributed by atoms with Crippen molar-refractivity contribution >= 4 is 57.8 Å². The van der Waals surface area contributed by atoms with Gasteiger partial charge in [-0.05, 0) is 19.9 Å². The molecule has 0 fully saturated rings. The standard InChI is InChI=1S/C14H12Cl3N3OS/c1-7(10-3-4-11(15)14(17)13(10)16)19-20-12(21)5-9-6-22-8(2)18-9/h3-4,6H,5H2,1-2H3,(H,20,21)/b19-7-. The van der Waals surface area contributed by atoms with Crippen LogP contribution in [0.2, 0.25) is 15.1 Å². The fourth-order valence-corrected chi connectivity index (χ4v) is 2.99. The van der Waals surface area contributed by atoms with E-state index >= 15 is 0 Å². The van der Waals surface area contributed by atoms with E-state index in [9.17, 15) is 4.79 Å². The Morgan fingerprint density at radius 1 is 1.32 bits per heavy atom. The molecule has 0 unspecified atom stereocenters. The third-order valence-corrected chi connectivity index (χ3v) is 4.90. The van der Waals surface area contributed by atoms with Gasteiger partial charge in [0.2, 0.25) is 5.91 Å². The summed E-state index contributed by atoms with van der Waals surface area (Å²) in [6.07, 6.45) is 0.177. The number of thiazole rings is 1. The first-order valence-corrected chi connectivity index (χ1v) is 8.28. The number of nitrogens with zero attached hydrogens (tertiary/aromatic N) is 2. The molecule has 0 bridgehead atoms. The molecule has 0 spiro atoms. The molecule has 1 amide bonds. The molecule has 4 nitrogen and oxygen atoms in total. The van der Waals surface area contributed by atoms with Gasteiger partial charge in [0.15, 0.2) is 0 Å². The van der Waals surface area contributed by atoms with E-state index < -0.39 is 0 Å². The zero-order valence-corrected chi connectivity index (χ0v) is 14.9. The van der Waals surface area contributed by atoms with Crippen LogP contribution in [0.25, 0.3) is 0 Å². The highest BCUT2D eigenvalue weighted by Gasteiger charge is 2.11. The van der Waals surface area contributed by atoms with Gasteiger partial charge in [-0.15, -0.1) is 11.3 Å². The van der Waals surface area contributed by atoms with Gasteiger partial charge in [-0.25, -0.2) is 10.4 Å². The minimum atomic E-state index is -0.249. The molecule has 1 aromatic carbocycles. The predicted octanol–water partition coefficient (Wildman–Crippen LogP) is 4.49. The molecule has 0 aliphatic heterocycles. The summed E-state index contributed by atoms with van der Waals surface area (Å²) in [6.45, 7) is 3.61. The minimum Gasteiger partial charge on any atom is -0.273 e. The summed E-state index contributed by atoms with van der Waals surface area (Å²) in [6, 6.07) is 3.33. The summed E-state index contributed by atoms with van der Waals surface area (Å²) < 4.78 is 0. The molecule has 2 aromatic rings. The molecule has 0 saturated heterocycles. The predicted molar refractivity (Wildman–Crippen MR) is 92.4 cm³/mol. The quantitative estimate of drug-likeness (QED) is 0.485. The number of rotatable bonds is 4. The van der Waals surface area contributed by atoms with E-state index in [0.29, 0.717) is 21.3 Å². The van der Waals surface area contributed by atoms with Crippen molar-refractivity contribution < 1.29 is 4.79 Å². The molecule has 0 saturated carbocycles. The maximum absolute atomic E-state index is 11.8. The molecule has 116 valence electrons. The number of aryl methyl sites for hydroxylation is 1. The van der Waals surface area contributed by atoms with E-state index in [2.05, 4.69) is 15.5 Å². The van der Waals surface area contributed by atoms with E-state index in [1.165, 1.54) is 11.3 Å². The largest absolute Gasteiger partial charge is 0.273 e. The lowest BCUT2D eigenvalue weighted by atomic mass is 10.1. The molecular weight excluding hydrogens is 365 g/mol. The molecule has 0 aliphatic rings. The first kappa shape index (κ1) is 17.2. The highest BCUT2D eigenvalue weighted by Crippen LogP contribution is 2.32. The lowest BCUT2D eigenvalue weighted by Gasteiger charge is -2.07. The summed E-state index contributed by atoms with van der Waals surface area (Å²) in [5.41, 5.74) is 4.35. The lowest BCUT2D eigenvalue weighted by molar-refractivity contribution is -0.120. The van der Waals surface area contributed by atoms with Crippen LogP contribution in [0.1, 0.15) is 23.2 Å². The van der Waals surface area contributed by atoms with Gasteiger partial charge in [0, 0.05) is 10.9 Å². The van der Waals surface area contributed by atoms with Crippen molar-refractivity contribution in [1.29, 1.82) is 0 Å². The lowest BCUT2D eigenvalue weighted by Crippen LogP contribution is -2.21. The Balaban J connectivity index is 2.06. The number of amides is 1. The van der Waals surface area contributed by atoms with Crippen LogP contribution < -0.4 is 5.43 Å². The van der Waals surface area contributed by atoms with E-state index in [1.54, 1.807) is 19.1 Å². The second-order valence-electron chi connectivity index (χ2n) is 4.49. The zero-order chi connectivity index (χ0) is 16.3. The molecule has 1 N–H and O–H groups in total. The van der Waals surface area contributed by atoms with Crippen molar-refractivity contribution in [2.24, 2.45) is 5.10 Å². The molecular formula is C14H12Cl3N3OS. The minimum absolute atomic E-state index is 0.177. The number of carbonyl (C=O) groups excluding carboxylic acids is 1. The van der Waals surface area contributed by atoms with Crippen molar-refractivity contribution in [3.8, 4) is 0 Å². The molecule has 0 atom stereocenters. The fraction of sp³-hybridized carbons (Fsp3) is 0.214. The summed E-state index contributed by atoms with van der Waals surface area (Å²) in [5.74, 6) is -0.249. The second kappa shape index (κ2) is 7.42. The second-order valence-corrected chi connectivity index (χ2v) is 6.72. The van der Waals surface area contributed by atoms with Crippen molar-refractivity contribution in [2.45, 2.75) is 20.3 Å². The van der Waals surface area contributed by atoms with Crippen LogP contribution in [0.3, 0.4) is 0 Å². The van der Waals surface area contributed by atoms with Crippen LogP contribution in [0, 0.1) is 6.92 Å². The van der Waals surface area contributed by atoms with Gasteiger partial charge in [-0.2, -0.15) is 5.10 Å². The van der Waals surface area contributed by atoms with Gasteiger partial charge < -0.3 is 0 Å². The number of nitrogens with one attached hydrogen (secondary N) is 1. The van der Waals surface area contributed by atoms with Crippen molar-refractivity contribution in [3.63, 3.8) is 0 Å². The fourth-order valence-electron chi connectivity index (χ4n) is 1.71. The number of hydrazone groups is 1. The van der Waals surface area contributed by atoms with Gasteiger partial charge in [0.05, 0.1) is 37.9 Å². The summed E-state index contributed by atoms with van der Waals surface area (Å²) in [5, 5.41) is 7.74. The third-order valence-electron chi connectivity index (χ3n) is 2.78. The van der Waals surface area contributed by atoms with Crippen molar-refractivity contribution in [3.05, 3.63) is 48.8 Å². The Morgan fingerprint density at radius 2 is 2.05 bits per heavy atom. The number of carbonyl (C=O) groups is 1. The average Bonchev–Trinajstić information content (AvgIpc) is 2.87. The summed E-state index contributed by atoms with van der Waals surface area (Å²) in [7, 11) is 0. The Labute approximate surface area is 147 Å². The average molecular weight is 377 g/mol. The van der Waals surface area contributed by atoms with E-state index in [0.717, 1.165) is 10.7 Å². The van der Waals surface area contributed by atoms with Gasteiger partial charge >= 0.3 is 0 Å². The molecule has 0 radical (unpaired) electrons. The normalized spacial score (nSPS) is 11.6. The Morgan fingerprint density at radius 3 is 2.68 bits per heavy atom. The Hall–Kier alpha value is -1.14. The smallest absolute Gasteiger partial charge is 0.246 e. The topological polar surface area (TPSA) is 54.4 Å². The molecule has 1 aromatic heterocycles. The number of aromatic nitrogens is 1. The summed E-state index contributed by atoms with van der Waals surface area (Å²) >= 11 is 19.5. The van der Waals surface area contributed by atoms with Gasteiger partial charge in [-0.3, -0.25) is 4.79 Å². The van der Waals surface area contributed by atoms with E-state index in [-0.39, 0.29) is 17.4 Å². The van der Waals surface area contributed by atoms with Crippen LogP contribution in [0.5, 0.6) is 0 Å². The number of halogens is 3.